The summed E-state index contributed by atoms with van der Waals surface area (Å²) >= 11 is 1.40. The molecule has 3 rings (SSSR count). The monoisotopic (exact) mass is 407 g/mol. The fraction of sp³-hybridized carbons (Fsp3) is 0.444. The van der Waals surface area contributed by atoms with Crippen LogP contribution >= 0.6 is 11.3 Å². The molecule has 7 nitrogen and oxygen atoms in total. The summed E-state index contributed by atoms with van der Waals surface area (Å²) in [6, 6.07) is 4.73. The maximum absolute atomic E-state index is 12.5. The third kappa shape index (κ3) is 4.24. The number of carbonyl (C=O) groups is 1. The third-order valence-electron chi connectivity index (χ3n) is 4.02. The summed E-state index contributed by atoms with van der Waals surface area (Å²) in [6.07, 6.45) is 3.86. The fourth-order valence-electron chi connectivity index (χ4n) is 2.98. The minimum atomic E-state index is -3.87. The number of nitriles is 1. The average molecular weight is 408 g/mol. The number of hydrogen-bond donors (Lipinski definition) is 2. The zero-order valence-electron chi connectivity index (χ0n) is 15.4. The molecule has 27 heavy (non-hydrogen) atoms. The van der Waals surface area contributed by atoms with Crippen LogP contribution in [0.1, 0.15) is 60.2 Å². The zero-order valence-corrected chi connectivity index (χ0v) is 17.0. The van der Waals surface area contributed by atoms with E-state index in [2.05, 4.69) is 16.1 Å². The number of carbonyl (C=O) groups excluding carboxylic acids is 1. The van der Waals surface area contributed by atoms with Gasteiger partial charge in [0.1, 0.15) is 11.1 Å². The molecule has 0 aromatic carbocycles. The van der Waals surface area contributed by atoms with Gasteiger partial charge < -0.3 is 9.73 Å². The molecule has 0 atom stereocenters. The van der Waals surface area contributed by atoms with E-state index in [1.165, 1.54) is 23.5 Å². The lowest BCUT2D eigenvalue weighted by molar-refractivity contribution is 0.0992. The Labute approximate surface area is 162 Å². The maximum atomic E-state index is 12.5. The highest BCUT2D eigenvalue weighted by Crippen LogP contribution is 2.37. The van der Waals surface area contributed by atoms with Crippen molar-refractivity contribution in [3.63, 3.8) is 0 Å². The van der Waals surface area contributed by atoms with Crippen LogP contribution in [0.3, 0.4) is 0 Å². The van der Waals surface area contributed by atoms with E-state index in [0.29, 0.717) is 10.6 Å². The molecule has 1 amide bonds. The van der Waals surface area contributed by atoms with Gasteiger partial charge in [0, 0.05) is 10.4 Å². The Morgan fingerprint density at radius 3 is 2.63 bits per heavy atom. The van der Waals surface area contributed by atoms with E-state index in [1.807, 2.05) is 0 Å². The van der Waals surface area contributed by atoms with Crippen LogP contribution in [0.5, 0.6) is 0 Å². The number of fused-ring (bicyclic) bond motifs is 1. The number of furan rings is 1. The van der Waals surface area contributed by atoms with Gasteiger partial charge in [0.2, 0.25) is 5.09 Å². The first-order chi connectivity index (χ1) is 12.6. The fourth-order valence-corrected chi connectivity index (χ4v) is 5.57. The van der Waals surface area contributed by atoms with Crippen molar-refractivity contribution in [1.82, 2.24) is 4.72 Å². The molecule has 0 fully saturated rings. The number of amides is 1. The Balaban J connectivity index is 1.82. The van der Waals surface area contributed by atoms with Crippen LogP contribution in [0.4, 0.5) is 5.00 Å². The molecule has 0 aliphatic heterocycles. The van der Waals surface area contributed by atoms with Crippen molar-refractivity contribution in [3.8, 4) is 6.07 Å². The number of aryl methyl sites for hydroxylation is 1. The molecule has 9 heteroatoms. The zero-order chi connectivity index (χ0) is 19.8. The minimum Gasteiger partial charge on any atom is -0.438 e. The van der Waals surface area contributed by atoms with Gasteiger partial charge in [-0.1, -0.05) is 0 Å². The summed E-state index contributed by atoms with van der Waals surface area (Å²) in [5.41, 5.74) is 0.837. The van der Waals surface area contributed by atoms with E-state index >= 15 is 0 Å². The molecule has 0 radical (unpaired) electrons. The van der Waals surface area contributed by atoms with E-state index < -0.39 is 21.5 Å². The number of sulfonamides is 1. The second-order valence-corrected chi connectivity index (χ2v) is 10.2. The molecule has 1 aliphatic rings. The molecule has 0 spiro atoms. The van der Waals surface area contributed by atoms with Crippen molar-refractivity contribution in [2.45, 2.75) is 57.1 Å². The topological polar surface area (TPSA) is 112 Å². The SMILES string of the molecule is CC(C)(C)NS(=O)(=O)c1ccc(C(=O)Nc2sc3c(c2C#N)CCCC3)o1. The molecular weight excluding hydrogens is 386 g/mol. The van der Waals surface area contributed by atoms with Crippen LogP contribution < -0.4 is 10.0 Å². The lowest BCUT2D eigenvalue weighted by atomic mass is 9.96. The van der Waals surface area contributed by atoms with Crippen molar-refractivity contribution < 1.29 is 17.6 Å². The molecule has 0 saturated heterocycles. The van der Waals surface area contributed by atoms with Gasteiger partial charge in [0.15, 0.2) is 5.76 Å². The van der Waals surface area contributed by atoms with Crippen molar-refractivity contribution in [3.05, 3.63) is 33.9 Å². The standard InChI is InChI=1S/C18H21N3O4S2/c1-18(2,3)21-27(23,24)15-9-8-13(25-15)16(22)20-17-12(10-19)11-6-4-5-7-14(11)26-17/h8-9,21H,4-7H2,1-3H3,(H,20,22). The van der Waals surface area contributed by atoms with Crippen LogP contribution in [0.25, 0.3) is 0 Å². The van der Waals surface area contributed by atoms with Crippen LogP contribution in [0, 0.1) is 11.3 Å². The lowest BCUT2D eigenvalue weighted by Crippen LogP contribution is -2.40. The molecule has 0 saturated carbocycles. The summed E-state index contributed by atoms with van der Waals surface area (Å²) in [4.78, 5) is 13.6. The number of nitrogens with one attached hydrogen (secondary N) is 2. The maximum Gasteiger partial charge on any atom is 0.292 e. The number of rotatable bonds is 4. The van der Waals surface area contributed by atoms with Gasteiger partial charge in [0.25, 0.3) is 15.9 Å². The highest BCUT2D eigenvalue weighted by molar-refractivity contribution is 7.89. The number of thiophene rings is 1. The van der Waals surface area contributed by atoms with Crippen molar-refractivity contribution in [2.75, 3.05) is 5.32 Å². The van der Waals surface area contributed by atoms with Crippen molar-refractivity contribution in [1.29, 1.82) is 5.26 Å². The molecular formula is C18H21N3O4S2. The van der Waals surface area contributed by atoms with Crippen LogP contribution in [-0.2, 0) is 22.9 Å². The van der Waals surface area contributed by atoms with Crippen molar-refractivity contribution in [2.24, 2.45) is 0 Å². The van der Waals surface area contributed by atoms with E-state index in [1.54, 1.807) is 20.8 Å². The number of nitrogens with zero attached hydrogens (tertiary/aromatic N) is 1. The summed E-state index contributed by atoms with van der Waals surface area (Å²) in [5, 5.41) is 12.3. The van der Waals surface area contributed by atoms with E-state index in [0.717, 1.165) is 36.1 Å². The van der Waals surface area contributed by atoms with E-state index in [-0.39, 0.29) is 10.9 Å². The van der Waals surface area contributed by atoms with Gasteiger partial charge in [-0.2, -0.15) is 5.26 Å². The van der Waals surface area contributed by atoms with Gasteiger partial charge in [0.05, 0.1) is 5.56 Å². The highest BCUT2D eigenvalue weighted by atomic mass is 32.2. The smallest absolute Gasteiger partial charge is 0.292 e. The second-order valence-electron chi connectivity index (χ2n) is 7.46. The predicted molar refractivity (Wildman–Crippen MR) is 102 cm³/mol. The Morgan fingerprint density at radius 1 is 1.26 bits per heavy atom. The highest BCUT2D eigenvalue weighted by Gasteiger charge is 2.27. The lowest BCUT2D eigenvalue weighted by Gasteiger charge is -2.18. The predicted octanol–water partition coefficient (Wildman–Crippen LogP) is 3.42. The van der Waals surface area contributed by atoms with Crippen LogP contribution in [0.15, 0.2) is 21.6 Å². The average Bonchev–Trinajstić information content (AvgIpc) is 3.17. The first kappa shape index (κ1) is 19.6. The summed E-state index contributed by atoms with van der Waals surface area (Å²) in [7, 11) is -3.87. The molecule has 2 heterocycles. The third-order valence-corrected chi connectivity index (χ3v) is 6.86. The quantitative estimate of drug-likeness (QED) is 0.806. The van der Waals surface area contributed by atoms with E-state index in [9.17, 15) is 18.5 Å². The molecule has 0 bridgehead atoms. The second kappa shape index (κ2) is 7.11. The summed E-state index contributed by atoms with van der Waals surface area (Å²) in [5.74, 6) is -0.707. The molecule has 2 N–H and O–H groups in total. The Kier molecular flexibility index (Phi) is 5.16. The molecule has 144 valence electrons. The van der Waals surface area contributed by atoms with Gasteiger partial charge >= 0.3 is 0 Å². The molecule has 0 unspecified atom stereocenters. The number of anilines is 1. The first-order valence-electron chi connectivity index (χ1n) is 8.60. The summed E-state index contributed by atoms with van der Waals surface area (Å²) < 4.78 is 32.3. The van der Waals surface area contributed by atoms with Gasteiger partial charge in [-0.25, -0.2) is 13.1 Å². The number of hydrogen-bond acceptors (Lipinski definition) is 6. The summed E-state index contributed by atoms with van der Waals surface area (Å²) in [6.45, 7) is 5.13. The Morgan fingerprint density at radius 2 is 1.96 bits per heavy atom. The first-order valence-corrected chi connectivity index (χ1v) is 10.9. The molecule has 1 aliphatic carbocycles. The Bertz CT molecular complexity index is 1020. The van der Waals surface area contributed by atoms with Crippen LogP contribution in [-0.4, -0.2) is 19.9 Å². The van der Waals surface area contributed by atoms with Gasteiger partial charge in [-0.05, 0) is 64.2 Å². The van der Waals surface area contributed by atoms with E-state index in [4.69, 9.17) is 4.42 Å². The normalized spacial score (nSPS) is 14.4. The largest absolute Gasteiger partial charge is 0.438 e. The minimum absolute atomic E-state index is 0.125. The van der Waals surface area contributed by atoms with Crippen molar-refractivity contribution >= 4 is 32.3 Å². The van der Waals surface area contributed by atoms with Crippen LogP contribution in [0.2, 0.25) is 0 Å². The molecule has 2 aromatic heterocycles. The van der Waals surface area contributed by atoms with Gasteiger partial charge in [-0.3, -0.25) is 4.79 Å². The molecule has 2 aromatic rings. The Hall–Kier alpha value is -2.15. The van der Waals surface area contributed by atoms with Gasteiger partial charge in [-0.15, -0.1) is 11.3 Å².